The minimum atomic E-state index is -0.346. The standard InChI is InChI=1S/C11H13NO3/c13-10(8-11-14-5-6-15-11)7-9-3-1-2-4-12-9/h1-4,11H,5-8H2. The molecule has 1 aliphatic heterocycles. The van der Waals surface area contributed by atoms with Crippen LogP contribution in [-0.4, -0.2) is 30.3 Å². The molecule has 0 bridgehead atoms. The summed E-state index contributed by atoms with van der Waals surface area (Å²) < 4.78 is 10.4. The van der Waals surface area contributed by atoms with E-state index in [0.29, 0.717) is 26.1 Å². The van der Waals surface area contributed by atoms with Crippen molar-refractivity contribution in [3.8, 4) is 0 Å². The number of pyridine rings is 1. The highest BCUT2D eigenvalue weighted by atomic mass is 16.7. The molecule has 4 nitrogen and oxygen atoms in total. The molecule has 1 aromatic rings. The summed E-state index contributed by atoms with van der Waals surface area (Å²) in [5.74, 6) is 0.0978. The average molecular weight is 207 g/mol. The van der Waals surface area contributed by atoms with E-state index in [-0.39, 0.29) is 12.1 Å². The molecule has 2 heterocycles. The largest absolute Gasteiger partial charge is 0.350 e. The molecule has 2 rings (SSSR count). The average Bonchev–Trinajstić information content (AvgIpc) is 2.71. The first kappa shape index (κ1) is 10.3. The maximum atomic E-state index is 11.6. The zero-order valence-corrected chi connectivity index (χ0v) is 8.39. The Labute approximate surface area is 88.2 Å². The molecule has 0 amide bonds. The SMILES string of the molecule is O=C(Cc1ccccn1)CC1OCCO1. The summed E-state index contributed by atoms with van der Waals surface area (Å²) >= 11 is 0. The molecular formula is C11H13NO3. The van der Waals surface area contributed by atoms with Gasteiger partial charge in [-0.3, -0.25) is 9.78 Å². The number of carbonyl (C=O) groups excluding carboxylic acids is 1. The molecule has 0 saturated carbocycles. The Morgan fingerprint density at radius 1 is 1.40 bits per heavy atom. The summed E-state index contributed by atoms with van der Waals surface area (Å²) in [6.45, 7) is 1.17. The lowest BCUT2D eigenvalue weighted by molar-refractivity contribution is -0.126. The molecule has 0 N–H and O–H groups in total. The van der Waals surface area contributed by atoms with Crippen molar-refractivity contribution in [1.82, 2.24) is 4.98 Å². The Kier molecular flexibility index (Phi) is 3.42. The fourth-order valence-electron chi connectivity index (χ4n) is 1.49. The van der Waals surface area contributed by atoms with Gasteiger partial charge in [0.2, 0.25) is 0 Å². The number of ketones is 1. The van der Waals surface area contributed by atoms with Crippen LogP contribution in [0, 0.1) is 0 Å². The number of carbonyl (C=O) groups is 1. The van der Waals surface area contributed by atoms with Crippen molar-refractivity contribution in [2.75, 3.05) is 13.2 Å². The first-order valence-electron chi connectivity index (χ1n) is 4.99. The summed E-state index contributed by atoms with van der Waals surface area (Å²) in [5, 5.41) is 0. The van der Waals surface area contributed by atoms with Gasteiger partial charge in [-0.1, -0.05) is 6.07 Å². The Morgan fingerprint density at radius 3 is 2.87 bits per heavy atom. The molecule has 0 aromatic carbocycles. The quantitative estimate of drug-likeness (QED) is 0.737. The predicted octanol–water partition coefficient (Wildman–Crippen LogP) is 0.956. The van der Waals surface area contributed by atoms with Crippen LogP contribution in [0.5, 0.6) is 0 Å². The van der Waals surface area contributed by atoms with Crippen molar-refractivity contribution in [1.29, 1.82) is 0 Å². The minimum Gasteiger partial charge on any atom is -0.350 e. The lowest BCUT2D eigenvalue weighted by atomic mass is 10.1. The molecule has 1 aliphatic rings. The summed E-state index contributed by atoms with van der Waals surface area (Å²) in [7, 11) is 0. The third kappa shape index (κ3) is 3.11. The first-order chi connectivity index (χ1) is 7.34. The van der Waals surface area contributed by atoms with E-state index in [1.807, 2.05) is 18.2 Å². The lowest BCUT2D eigenvalue weighted by Gasteiger charge is -2.07. The molecule has 1 saturated heterocycles. The van der Waals surface area contributed by atoms with E-state index in [9.17, 15) is 4.79 Å². The van der Waals surface area contributed by atoms with E-state index < -0.39 is 0 Å². The Bertz CT molecular complexity index is 320. The third-order valence-corrected chi connectivity index (χ3v) is 2.19. The molecular weight excluding hydrogens is 194 g/mol. The number of hydrogen-bond acceptors (Lipinski definition) is 4. The molecule has 0 radical (unpaired) electrons. The van der Waals surface area contributed by atoms with Crippen LogP contribution in [0.4, 0.5) is 0 Å². The molecule has 15 heavy (non-hydrogen) atoms. The summed E-state index contributed by atoms with van der Waals surface area (Å²) in [6.07, 6.45) is 2.01. The van der Waals surface area contributed by atoms with Gasteiger partial charge in [-0.05, 0) is 12.1 Å². The molecule has 0 aliphatic carbocycles. The molecule has 1 aromatic heterocycles. The van der Waals surface area contributed by atoms with E-state index in [4.69, 9.17) is 9.47 Å². The van der Waals surface area contributed by atoms with Crippen molar-refractivity contribution in [3.63, 3.8) is 0 Å². The zero-order valence-electron chi connectivity index (χ0n) is 8.39. The van der Waals surface area contributed by atoms with Crippen LogP contribution in [0.15, 0.2) is 24.4 Å². The van der Waals surface area contributed by atoms with Crippen LogP contribution in [0.1, 0.15) is 12.1 Å². The van der Waals surface area contributed by atoms with Gasteiger partial charge in [-0.2, -0.15) is 0 Å². The van der Waals surface area contributed by atoms with Crippen LogP contribution in [-0.2, 0) is 20.7 Å². The second-order valence-corrected chi connectivity index (χ2v) is 3.41. The Balaban J connectivity index is 1.82. The number of aromatic nitrogens is 1. The van der Waals surface area contributed by atoms with Gasteiger partial charge in [0, 0.05) is 18.3 Å². The van der Waals surface area contributed by atoms with Gasteiger partial charge >= 0.3 is 0 Å². The second kappa shape index (κ2) is 5.00. The van der Waals surface area contributed by atoms with Crippen LogP contribution < -0.4 is 0 Å². The Hall–Kier alpha value is -1.26. The molecule has 80 valence electrons. The molecule has 1 fully saturated rings. The Morgan fingerprint density at radius 2 is 2.20 bits per heavy atom. The monoisotopic (exact) mass is 207 g/mol. The van der Waals surface area contributed by atoms with Gasteiger partial charge in [0.25, 0.3) is 0 Å². The highest BCUT2D eigenvalue weighted by Crippen LogP contribution is 2.09. The maximum Gasteiger partial charge on any atom is 0.164 e. The zero-order chi connectivity index (χ0) is 10.5. The van der Waals surface area contributed by atoms with Gasteiger partial charge < -0.3 is 9.47 Å². The number of Topliss-reactive ketones (excluding diaryl/α,β-unsaturated/α-hetero) is 1. The van der Waals surface area contributed by atoms with E-state index >= 15 is 0 Å². The van der Waals surface area contributed by atoms with Gasteiger partial charge in [0.05, 0.1) is 19.6 Å². The molecule has 0 unspecified atom stereocenters. The number of rotatable bonds is 4. The van der Waals surface area contributed by atoms with Crippen LogP contribution >= 0.6 is 0 Å². The van der Waals surface area contributed by atoms with Crippen molar-refractivity contribution < 1.29 is 14.3 Å². The van der Waals surface area contributed by atoms with E-state index in [0.717, 1.165) is 5.69 Å². The normalized spacial score (nSPS) is 16.8. The van der Waals surface area contributed by atoms with E-state index in [1.54, 1.807) is 6.20 Å². The predicted molar refractivity (Wildman–Crippen MR) is 53.3 cm³/mol. The van der Waals surface area contributed by atoms with Gasteiger partial charge in [-0.15, -0.1) is 0 Å². The first-order valence-corrected chi connectivity index (χ1v) is 4.99. The highest BCUT2D eigenvalue weighted by Gasteiger charge is 2.19. The molecule has 4 heteroatoms. The van der Waals surface area contributed by atoms with Crippen molar-refractivity contribution in [2.24, 2.45) is 0 Å². The molecule has 0 atom stereocenters. The number of nitrogens with zero attached hydrogens (tertiary/aromatic N) is 1. The topological polar surface area (TPSA) is 48.4 Å². The van der Waals surface area contributed by atoms with Crippen molar-refractivity contribution in [2.45, 2.75) is 19.1 Å². The minimum absolute atomic E-state index is 0.0978. The number of hydrogen-bond donors (Lipinski definition) is 0. The highest BCUT2D eigenvalue weighted by molar-refractivity contribution is 5.80. The van der Waals surface area contributed by atoms with E-state index in [2.05, 4.69) is 4.98 Å². The summed E-state index contributed by atoms with van der Waals surface area (Å²) in [5.41, 5.74) is 0.792. The van der Waals surface area contributed by atoms with Crippen molar-refractivity contribution in [3.05, 3.63) is 30.1 Å². The summed E-state index contributed by atoms with van der Waals surface area (Å²) in [4.78, 5) is 15.7. The number of ether oxygens (including phenoxy) is 2. The van der Waals surface area contributed by atoms with Gasteiger partial charge in [-0.25, -0.2) is 0 Å². The van der Waals surface area contributed by atoms with Crippen LogP contribution in [0.2, 0.25) is 0 Å². The van der Waals surface area contributed by atoms with Gasteiger partial charge in [0.15, 0.2) is 6.29 Å². The van der Waals surface area contributed by atoms with Gasteiger partial charge in [0.1, 0.15) is 5.78 Å². The lowest BCUT2D eigenvalue weighted by Crippen LogP contribution is -2.16. The summed E-state index contributed by atoms with van der Waals surface area (Å²) in [6, 6.07) is 5.55. The van der Waals surface area contributed by atoms with Crippen LogP contribution in [0.25, 0.3) is 0 Å². The smallest absolute Gasteiger partial charge is 0.164 e. The van der Waals surface area contributed by atoms with Crippen LogP contribution in [0.3, 0.4) is 0 Å². The fraction of sp³-hybridized carbons (Fsp3) is 0.455. The third-order valence-electron chi connectivity index (χ3n) is 2.19. The maximum absolute atomic E-state index is 11.6. The van der Waals surface area contributed by atoms with E-state index in [1.165, 1.54) is 0 Å². The fourth-order valence-corrected chi connectivity index (χ4v) is 1.49. The van der Waals surface area contributed by atoms with Crippen molar-refractivity contribution >= 4 is 5.78 Å². The second-order valence-electron chi connectivity index (χ2n) is 3.41. The molecule has 0 spiro atoms.